The molecule has 5 atom stereocenters. The van der Waals surface area contributed by atoms with Gasteiger partial charge in [-0.05, 0) is 25.1 Å². The molecular formula is C23H27Cl2N3O9S. The Hall–Kier alpha value is -2.87. The van der Waals surface area contributed by atoms with E-state index in [1.807, 2.05) is 0 Å². The highest BCUT2D eigenvalue weighted by Gasteiger charge is 2.50. The molecule has 4 unspecified atom stereocenters. The van der Waals surface area contributed by atoms with Crippen LogP contribution in [0.5, 0.6) is 0 Å². The van der Waals surface area contributed by atoms with E-state index in [0.29, 0.717) is 9.92 Å². The average molecular weight is 592 g/mol. The fourth-order valence-electron chi connectivity index (χ4n) is 3.33. The highest BCUT2D eigenvalue weighted by Crippen LogP contribution is 2.39. The number of nitrogens with two attached hydrogens (primary N) is 1. The van der Waals surface area contributed by atoms with E-state index >= 15 is 0 Å². The monoisotopic (exact) mass is 591 g/mol. The first-order valence-electron chi connectivity index (χ1n) is 11.2. The number of rotatable bonds is 10. The molecule has 1 saturated heterocycles. The summed E-state index contributed by atoms with van der Waals surface area (Å²) in [6.45, 7) is 4.87. The number of esters is 4. The SMILES string of the molecule is CCOC(=O)C(C=NC1C(OC(C)=O)C(Sc2ccc(Cl)c(Cl)c2)OC(COC(C)=O)[C@@H]1OC(C)=O)=NN. The van der Waals surface area contributed by atoms with Crippen LogP contribution in [0.15, 0.2) is 33.2 Å². The molecule has 0 bridgehead atoms. The molecule has 0 amide bonds. The van der Waals surface area contributed by atoms with Gasteiger partial charge in [0.15, 0.2) is 17.9 Å². The number of aliphatic imine (C=N–C) groups is 1. The summed E-state index contributed by atoms with van der Waals surface area (Å²) in [4.78, 5) is 52.8. The third-order valence-corrected chi connectivity index (χ3v) is 6.68. The molecule has 0 spiro atoms. The third-order valence-electron chi connectivity index (χ3n) is 4.81. The van der Waals surface area contributed by atoms with Crippen LogP contribution in [0.2, 0.25) is 10.0 Å². The highest BCUT2D eigenvalue weighted by molar-refractivity contribution is 7.99. The second-order valence-electron chi connectivity index (χ2n) is 7.69. The minimum absolute atomic E-state index is 0.0575. The van der Waals surface area contributed by atoms with Crippen molar-refractivity contribution in [1.29, 1.82) is 0 Å². The predicted molar refractivity (Wildman–Crippen MR) is 139 cm³/mol. The molecule has 0 aliphatic carbocycles. The summed E-state index contributed by atoms with van der Waals surface area (Å²) in [5.74, 6) is 2.48. The van der Waals surface area contributed by atoms with E-state index in [-0.39, 0.29) is 23.9 Å². The molecule has 0 saturated carbocycles. The van der Waals surface area contributed by atoms with Crippen LogP contribution in [-0.4, -0.2) is 78.8 Å². The van der Waals surface area contributed by atoms with Crippen molar-refractivity contribution < 1.29 is 42.9 Å². The van der Waals surface area contributed by atoms with Gasteiger partial charge in [-0.15, -0.1) is 0 Å². The van der Waals surface area contributed by atoms with Crippen molar-refractivity contribution in [2.45, 2.75) is 62.4 Å². The van der Waals surface area contributed by atoms with Crippen LogP contribution < -0.4 is 5.84 Å². The standard InChI is InChI=1S/C23H27Cl2N3O9S/c1-5-33-22(32)17(28-26)9-27-19-20(35-12(3)30)18(10-34-11(2)29)37-23(21(19)36-13(4)31)38-14-6-7-15(24)16(25)8-14/h6-9,18-21,23H,5,10,26H2,1-4H3/t18?,19?,20-,21?,23?/m0/s1. The zero-order valence-electron chi connectivity index (χ0n) is 20.9. The van der Waals surface area contributed by atoms with Crippen LogP contribution in [-0.2, 0) is 42.9 Å². The van der Waals surface area contributed by atoms with E-state index in [1.54, 1.807) is 25.1 Å². The largest absolute Gasteiger partial charge is 0.463 e. The lowest BCUT2D eigenvalue weighted by atomic mass is 9.97. The number of hydrogen-bond donors (Lipinski definition) is 1. The molecule has 15 heteroatoms. The summed E-state index contributed by atoms with van der Waals surface area (Å²) in [6, 6.07) is 3.68. The summed E-state index contributed by atoms with van der Waals surface area (Å²) < 4.78 is 27.2. The Morgan fingerprint density at radius 3 is 2.24 bits per heavy atom. The lowest BCUT2D eigenvalue weighted by Gasteiger charge is -2.43. The molecule has 1 aromatic carbocycles. The van der Waals surface area contributed by atoms with Gasteiger partial charge < -0.3 is 29.5 Å². The van der Waals surface area contributed by atoms with Gasteiger partial charge in [0.05, 0.1) is 22.9 Å². The molecule has 2 N–H and O–H groups in total. The van der Waals surface area contributed by atoms with Gasteiger partial charge in [-0.25, -0.2) is 4.79 Å². The van der Waals surface area contributed by atoms with Crippen LogP contribution in [0.1, 0.15) is 27.7 Å². The Labute approximate surface area is 233 Å². The van der Waals surface area contributed by atoms with E-state index in [9.17, 15) is 19.2 Å². The molecule has 2 rings (SSSR count). The van der Waals surface area contributed by atoms with Crippen molar-refractivity contribution in [3.8, 4) is 0 Å². The number of carbonyl (C=O) groups is 4. The Morgan fingerprint density at radius 2 is 1.68 bits per heavy atom. The van der Waals surface area contributed by atoms with Crippen LogP contribution in [0.25, 0.3) is 0 Å². The maximum atomic E-state index is 12.2. The number of thioether (sulfide) groups is 1. The quantitative estimate of drug-likeness (QED) is 0.140. The molecule has 0 radical (unpaired) electrons. The van der Waals surface area contributed by atoms with Gasteiger partial charge >= 0.3 is 23.9 Å². The average Bonchev–Trinajstić information content (AvgIpc) is 2.83. The lowest BCUT2D eigenvalue weighted by Crippen LogP contribution is -2.59. The maximum absolute atomic E-state index is 12.2. The van der Waals surface area contributed by atoms with Crippen LogP contribution in [0.3, 0.4) is 0 Å². The molecule has 38 heavy (non-hydrogen) atoms. The van der Waals surface area contributed by atoms with Crippen molar-refractivity contribution in [1.82, 2.24) is 0 Å². The van der Waals surface area contributed by atoms with Gasteiger partial charge in [0.25, 0.3) is 0 Å². The summed E-state index contributed by atoms with van der Waals surface area (Å²) in [7, 11) is 0. The van der Waals surface area contributed by atoms with Crippen molar-refractivity contribution in [2.24, 2.45) is 15.9 Å². The smallest absolute Gasteiger partial charge is 0.360 e. The van der Waals surface area contributed by atoms with Gasteiger partial charge in [0, 0.05) is 25.7 Å². The third kappa shape index (κ3) is 9.15. The number of hydrazone groups is 1. The lowest BCUT2D eigenvalue weighted by molar-refractivity contribution is -0.200. The first kappa shape index (κ1) is 31.3. The van der Waals surface area contributed by atoms with E-state index < -0.39 is 53.7 Å². The van der Waals surface area contributed by atoms with Crippen molar-refractivity contribution in [3.63, 3.8) is 0 Å². The number of halogens is 2. The van der Waals surface area contributed by atoms with Crippen LogP contribution >= 0.6 is 35.0 Å². The van der Waals surface area contributed by atoms with Gasteiger partial charge in [-0.1, -0.05) is 35.0 Å². The van der Waals surface area contributed by atoms with Gasteiger partial charge in [-0.2, -0.15) is 5.10 Å². The number of nitrogens with zero attached hydrogens (tertiary/aromatic N) is 2. The zero-order chi connectivity index (χ0) is 28.4. The molecule has 1 heterocycles. The fourth-order valence-corrected chi connectivity index (χ4v) is 4.84. The molecule has 208 valence electrons. The number of ether oxygens (including phenoxy) is 5. The zero-order valence-corrected chi connectivity index (χ0v) is 23.2. The molecule has 12 nitrogen and oxygen atoms in total. The minimum atomic E-state index is -1.21. The number of carbonyl (C=O) groups excluding carboxylic acids is 4. The molecule has 1 aliphatic rings. The topological polar surface area (TPSA) is 165 Å². The summed E-state index contributed by atoms with van der Waals surface area (Å²) in [5, 5.41) is 4.00. The van der Waals surface area contributed by atoms with E-state index in [1.165, 1.54) is 13.8 Å². The fraction of sp³-hybridized carbons (Fsp3) is 0.478. The summed E-state index contributed by atoms with van der Waals surface area (Å²) >= 11 is 13.3. The predicted octanol–water partition coefficient (Wildman–Crippen LogP) is 2.55. The molecule has 1 aromatic rings. The summed E-state index contributed by atoms with van der Waals surface area (Å²) in [5.41, 5.74) is -1.31. The Balaban J connectivity index is 2.58. The minimum Gasteiger partial charge on any atom is -0.463 e. The van der Waals surface area contributed by atoms with Crippen molar-refractivity contribution in [2.75, 3.05) is 13.2 Å². The van der Waals surface area contributed by atoms with Gasteiger partial charge in [0.1, 0.15) is 24.2 Å². The first-order valence-corrected chi connectivity index (χ1v) is 12.8. The molecule has 1 fully saturated rings. The maximum Gasteiger partial charge on any atom is 0.360 e. The van der Waals surface area contributed by atoms with Crippen LogP contribution in [0, 0.1) is 0 Å². The van der Waals surface area contributed by atoms with E-state index in [0.717, 1.165) is 24.9 Å². The first-order chi connectivity index (χ1) is 18.0. The van der Waals surface area contributed by atoms with E-state index in [2.05, 4.69) is 10.1 Å². The normalized spacial score (nSPS) is 23.5. The summed E-state index contributed by atoms with van der Waals surface area (Å²) in [6.07, 6.45) is -2.40. The molecule has 1 aliphatic heterocycles. The van der Waals surface area contributed by atoms with Crippen molar-refractivity contribution >= 4 is 70.8 Å². The van der Waals surface area contributed by atoms with E-state index in [4.69, 9.17) is 52.7 Å². The van der Waals surface area contributed by atoms with Gasteiger partial charge in [-0.3, -0.25) is 19.4 Å². The second-order valence-corrected chi connectivity index (χ2v) is 9.68. The van der Waals surface area contributed by atoms with Crippen LogP contribution in [0.4, 0.5) is 0 Å². The van der Waals surface area contributed by atoms with Crippen molar-refractivity contribution in [3.05, 3.63) is 28.2 Å². The highest BCUT2D eigenvalue weighted by atomic mass is 35.5. The molecular weight excluding hydrogens is 565 g/mol. The Kier molecular flexibility index (Phi) is 12.3. The molecule has 0 aromatic heterocycles. The Bertz CT molecular complexity index is 1100. The number of benzene rings is 1. The number of hydrogen-bond acceptors (Lipinski definition) is 13. The Morgan fingerprint density at radius 1 is 1.03 bits per heavy atom. The van der Waals surface area contributed by atoms with Gasteiger partial charge in [0.2, 0.25) is 0 Å². The second kappa shape index (κ2) is 14.9.